The van der Waals surface area contributed by atoms with Gasteiger partial charge in [0.2, 0.25) is 0 Å². The Balaban J connectivity index is 1.67. The summed E-state index contributed by atoms with van der Waals surface area (Å²) < 4.78 is 0. The first-order valence-corrected chi connectivity index (χ1v) is 6.90. The second kappa shape index (κ2) is 6.28. The maximum atomic E-state index is 4.24. The fourth-order valence-corrected chi connectivity index (χ4v) is 2.20. The topological polar surface area (TPSA) is 66.5 Å². The van der Waals surface area contributed by atoms with Crippen LogP contribution < -0.4 is 5.32 Å². The Hall–Kier alpha value is -2.53. The third-order valence-corrected chi connectivity index (χ3v) is 3.42. The zero-order chi connectivity index (χ0) is 14.5. The smallest absolute Gasteiger partial charge is 0.117 e. The number of aromatic amines is 1. The number of pyridine rings is 1. The van der Waals surface area contributed by atoms with Gasteiger partial charge in [-0.25, -0.2) is 0 Å². The van der Waals surface area contributed by atoms with E-state index in [0.717, 1.165) is 23.5 Å². The van der Waals surface area contributed by atoms with Crippen molar-refractivity contribution in [3.05, 3.63) is 65.6 Å². The predicted molar refractivity (Wildman–Crippen MR) is 81.3 cm³/mol. The van der Waals surface area contributed by atoms with E-state index in [4.69, 9.17) is 0 Å². The molecule has 2 aromatic heterocycles. The van der Waals surface area contributed by atoms with Crippen LogP contribution in [0.5, 0.6) is 0 Å². The van der Waals surface area contributed by atoms with Gasteiger partial charge in [0.25, 0.3) is 0 Å². The molecule has 2 heterocycles. The van der Waals surface area contributed by atoms with Crippen LogP contribution in [0.3, 0.4) is 0 Å². The van der Waals surface area contributed by atoms with Crippen molar-refractivity contribution in [1.29, 1.82) is 0 Å². The van der Waals surface area contributed by atoms with Crippen molar-refractivity contribution >= 4 is 0 Å². The summed E-state index contributed by atoms with van der Waals surface area (Å²) in [6.07, 6.45) is 3.70. The predicted octanol–water partition coefficient (Wildman–Crippen LogP) is 2.46. The second-order valence-corrected chi connectivity index (χ2v) is 4.89. The fraction of sp³-hybridized carbons (Fsp3) is 0.188. The molecule has 5 heteroatoms. The molecule has 106 valence electrons. The standard InChI is InChI=1S/C16H17N5/c1-12-7-8-17-9-14(12)10-18-11-15-16(20-21-19-15)13-5-3-2-4-6-13/h2-9,18H,10-11H2,1H3,(H,19,20,21). The minimum absolute atomic E-state index is 0.662. The number of hydrogen-bond donors (Lipinski definition) is 2. The molecule has 0 aliphatic rings. The van der Waals surface area contributed by atoms with Crippen LogP contribution in [0.1, 0.15) is 16.8 Å². The van der Waals surface area contributed by atoms with E-state index in [-0.39, 0.29) is 0 Å². The summed E-state index contributed by atoms with van der Waals surface area (Å²) in [6, 6.07) is 12.1. The highest BCUT2D eigenvalue weighted by atomic mass is 15.3. The van der Waals surface area contributed by atoms with E-state index in [0.29, 0.717) is 6.54 Å². The lowest BCUT2D eigenvalue weighted by Crippen LogP contribution is -2.14. The van der Waals surface area contributed by atoms with Crippen LogP contribution in [0, 0.1) is 6.92 Å². The summed E-state index contributed by atoms with van der Waals surface area (Å²) in [4.78, 5) is 4.15. The number of aryl methyl sites for hydroxylation is 1. The highest BCUT2D eigenvalue weighted by Gasteiger charge is 2.09. The molecule has 21 heavy (non-hydrogen) atoms. The van der Waals surface area contributed by atoms with Gasteiger partial charge in [0.1, 0.15) is 11.4 Å². The lowest BCUT2D eigenvalue weighted by molar-refractivity contribution is 0.673. The van der Waals surface area contributed by atoms with Gasteiger partial charge in [-0.2, -0.15) is 15.4 Å². The van der Waals surface area contributed by atoms with Gasteiger partial charge in [-0.05, 0) is 24.1 Å². The van der Waals surface area contributed by atoms with Crippen LogP contribution in [0.25, 0.3) is 11.3 Å². The van der Waals surface area contributed by atoms with Crippen molar-refractivity contribution in [3.63, 3.8) is 0 Å². The van der Waals surface area contributed by atoms with Gasteiger partial charge in [0.05, 0.1) is 0 Å². The Morgan fingerprint density at radius 3 is 2.71 bits per heavy atom. The molecule has 0 saturated heterocycles. The monoisotopic (exact) mass is 279 g/mol. The van der Waals surface area contributed by atoms with E-state index in [2.05, 4.69) is 32.6 Å². The molecular formula is C16H17N5. The van der Waals surface area contributed by atoms with Crippen molar-refractivity contribution in [2.24, 2.45) is 0 Å². The molecule has 3 rings (SSSR count). The van der Waals surface area contributed by atoms with Crippen LogP contribution in [-0.2, 0) is 13.1 Å². The van der Waals surface area contributed by atoms with E-state index in [9.17, 15) is 0 Å². The fourth-order valence-electron chi connectivity index (χ4n) is 2.20. The molecule has 0 atom stereocenters. The summed E-state index contributed by atoms with van der Waals surface area (Å²) in [5.74, 6) is 0. The SMILES string of the molecule is Cc1ccncc1CNCc1n[nH]nc1-c1ccccc1. The molecule has 1 aromatic carbocycles. The summed E-state index contributed by atoms with van der Waals surface area (Å²) in [6.45, 7) is 3.51. The number of nitrogens with one attached hydrogen (secondary N) is 2. The molecule has 0 aliphatic carbocycles. The van der Waals surface area contributed by atoms with Gasteiger partial charge in [0, 0.05) is 31.0 Å². The van der Waals surface area contributed by atoms with Crippen molar-refractivity contribution in [2.75, 3.05) is 0 Å². The molecule has 0 radical (unpaired) electrons. The van der Waals surface area contributed by atoms with Gasteiger partial charge in [-0.1, -0.05) is 30.3 Å². The van der Waals surface area contributed by atoms with Gasteiger partial charge in [-0.3, -0.25) is 4.98 Å². The van der Waals surface area contributed by atoms with Gasteiger partial charge >= 0.3 is 0 Å². The quantitative estimate of drug-likeness (QED) is 0.753. The highest BCUT2D eigenvalue weighted by molar-refractivity contribution is 5.60. The van der Waals surface area contributed by atoms with E-state index >= 15 is 0 Å². The minimum atomic E-state index is 0.662. The van der Waals surface area contributed by atoms with E-state index in [1.54, 1.807) is 0 Å². The Kier molecular flexibility index (Phi) is 4.02. The first-order valence-electron chi connectivity index (χ1n) is 6.90. The van der Waals surface area contributed by atoms with Gasteiger partial charge in [-0.15, -0.1) is 0 Å². The maximum absolute atomic E-state index is 4.24. The first kappa shape index (κ1) is 13.5. The molecule has 0 fully saturated rings. The van der Waals surface area contributed by atoms with Crippen molar-refractivity contribution in [3.8, 4) is 11.3 Å². The molecule has 0 saturated carbocycles. The number of nitrogens with zero attached hydrogens (tertiary/aromatic N) is 3. The number of H-pyrrole nitrogens is 1. The summed E-state index contributed by atoms with van der Waals surface area (Å²) in [5.41, 5.74) is 5.32. The Labute approximate surface area is 123 Å². The third-order valence-electron chi connectivity index (χ3n) is 3.42. The van der Waals surface area contributed by atoms with Crippen LogP contribution in [0.2, 0.25) is 0 Å². The molecule has 0 amide bonds. The number of hydrogen-bond acceptors (Lipinski definition) is 4. The molecule has 3 aromatic rings. The van der Waals surface area contributed by atoms with Crippen LogP contribution in [0.15, 0.2) is 48.8 Å². The lowest BCUT2D eigenvalue weighted by Gasteiger charge is -2.06. The van der Waals surface area contributed by atoms with Crippen LogP contribution in [0.4, 0.5) is 0 Å². The van der Waals surface area contributed by atoms with Crippen molar-refractivity contribution in [1.82, 2.24) is 25.7 Å². The maximum Gasteiger partial charge on any atom is 0.117 e. The van der Waals surface area contributed by atoms with E-state index < -0.39 is 0 Å². The third kappa shape index (κ3) is 3.14. The molecule has 2 N–H and O–H groups in total. The van der Waals surface area contributed by atoms with Gasteiger partial charge < -0.3 is 5.32 Å². The van der Waals surface area contributed by atoms with Crippen molar-refractivity contribution < 1.29 is 0 Å². The summed E-state index contributed by atoms with van der Waals surface area (Å²) >= 11 is 0. The average molecular weight is 279 g/mol. The van der Waals surface area contributed by atoms with E-state index in [1.165, 1.54) is 11.1 Å². The Morgan fingerprint density at radius 2 is 1.90 bits per heavy atom. The number of rotatable bonds is 5. The summed E-state index contributed by atoms with van der Waals surface area (Å²) in [5, 5.41) is 14.6. The zero-order valence-electron chi connectivity index (χ0n) is 11.9. The molecule has 0 unspecified atom stereocenters. The highest BCUT2D eigenvalue weighted by Crippen LogP contribution is 2.18. The zero-order valence-corrected chi connectivity index (χ0v) is 11.9. The van der Waals surface area contributed by atoms with Gasteiger partial charge in [0.15, 0.2) is 0 Å². The molecule has 0 bridgehead atoms. The minimum Gasteiger partial charge on any atom is -0.307 e. The normalized spacial score (nSPS) is 10.7. The average Bonchev–Trinajstić information content (AvgIpc) is 2.99. The first-order chi connectivity index (χ1) is 10.3. The van der Waals surface area contributed by atoms with E-state index in [1.807, 2.05) is 48.8 Å². The molecule has 0 spiro atoms. The Morgan fingerprint density at radius 1 is 1.05 bits per heavy atom. The van der Waals surface area contributed by atoms with Crippen molar-refractivity contribution in [2.45, 2.75) is 20.0 Å². The molecule has 5 nitrogen and oxygen atoms in total. The number of aromatic nitrogens is 4. The lowest BCUT2D eigenvalue weighted by atomic mass is 10.1. The number of benzene rings is 1. The Bertz CT molecular complexity index is 705. The molecule has 0 aliphatic heterocycles. The summed E-state index contributed by atoms with van der Waals surface area (Å²) in [7, 11) is 0. The molecular weight excluding hydrogens is 262 g/mol. The second-order valence-electron chi connectivity index (χ2n) is 4.89. The van der Waals surface area contributed by atoms with Crippen LogP contribution in [-0.4, -0.2) is 20.4 Å². The van der Waals surface area contributed by atoms with Crippen LogP contribution >= 0.6 is 0 Å². The largest absolute Gasteiger partial charge is 0.307 e.